The first-order valence-corrected chi connectivity index (χ1v) is 3.05. The van der Waals surface area contributed by atoms with Crippen molar-refractivity contribution in [3.8, 4) is 0 Å². The lowest BCUT2D eigenvalue weighted by atomic mass is 11.0. The van der Waals surface area contributed by atoms with E-state index in [0.717, 1.165) is 0 Å². The van der Waals surface area contributed by atoms with Crippen molar-refractivity contribution >= 4 is 10.8 Å². The number of nitrogens with one attached hydrogen (secondary N) is 1. The molecule has 1 heterocycles. The molecule has 0 radical (unpaired) electrons. The molecule has 3 heteroatoms. The first-order valence-electron chi connectivity index (χ1n) is 1.67. The van der Waals surface area contributed by atoms with E-state index in [1.54, 1.807) is 11.6 Å². The van der Waals surface area contributed by atoms with Crippen LogP contribution in [0.4, 0.5) is 0 Å². The third kappa shape index (κ3) is 0.597. The largest absolute Gasteiger partial charge is 0.379 e. The number of rotatable bonds is 0. The first kappa shape index (κ1) is 3.87. The van der Waals surface area contributed by atoms with Crippen molar-refractivity contribution in [2.24, 2.45) is 0 Å². The van der Waals surface area contributed by atoms with E-state index in [2.05, 4.69) is 5.32 Å². The molecule has 2 nitrogen and oxygen atoms in total. The second kappa shape index (κ2) is 1.43. The molecule has 0 spiro atoms. The van der Waals surface area contributed by atoms with Crippen molar-refractivity contribution in [3.05, 3.63) is 11.6 Å². The molecule has 0 aromatic rings. The summed E-state index contributed by atoms with van der Waals surface area (Å²) in [6.07, 6.45) is 1.70. The summed E-state index contributed by atoms with van der Waals surface area (Å²) >= 11 is 0. The number of hydrogen-bond acceptors (Lipinski definition) is 2. The zero-order valence-corrected chi connectivity index (χ0v) is 3.99. The molecule has 1 aliphatic heterocycles. The standard InChI is InChI=1S/C3H5NOS/c5-6-2-1-4-3-6/h1-2,4H,3H2. The van der Waals surface area contributed by atoms with Crippen LogP contribution >= 0.6 is 0 Å². The van der Waals surface area contributed by atoms with Gasteiger partial charge < -0.3 is 5.32 Å². The summed E-state index contributed by atoms with van der Waals surface area (Å²) < 4.78 is 10.2. The van der Waals surface area contributed by atoms with Crippen LogP contribution in [0.2, 0.25) is 0 Å². The monoisotopic (exact) mass is 103 g/mol. The van der Waals surface area contributed by atoms with Crippen molar-refractivity contribution in [2.75, 3.05) is 5.88 Å². The minimum atomic E-state index is -0.715. The van der Waals surface area contributed by atoms with Crippen LogP contribution in [0.25, 0.3) is 0 Å². The highest BCUT2D eigenvalue weighted by atomic mass is 32.2. The maximum absolute atomic E-state index is 10.2. The Morgan fingerprint density at radius 3 is 2.83 bits per heavy atom. The Balaban J connectivity index is 2.59. The summed E-state index contributed by atoms with van der Waals surface area (Å²) in [5.41, 5.74) is 0. The van der Waals surface area contributed by atoms with E-state index in [1.165, 1.54) is 0 Å². The molecule has 0 amide bonds. The van der Waals surface area contributed by atoms with Crippen LogP contribution in [0.3, 0.4) is 0 Å². The molecule has 0 saturated carbocycles. The quantitative estimate of drug-likeness (QED) is 0.458. The van der Waals surface area contributed by atoms with Gasteiger partial charge >= 0.3 is 0 Å². The fourth-order valence-corrected chi connectivity index (χ4v) is 0.907. The summed E-state index contributed by atoms with van der Waals surface area (Å²) in [6.45, 7) is 0. The van der Waals surface area contributed by atoms with Gasteiger partial charge in [0.2, 0.25) is 0 Å². The Bertz CT molecular complexity index is 99.0. The lowest BCUT2D eigenvalue weighted by Gasteiger charge is -1.79. The molecule has 0 aromatic carbocycles. The first-order chi connectivity index (χ1) is 2.89. The number of hydrogen-bond donors (Lipinski definition) is 1. The van der Waals surface area contributed by atoms with Crippen LogP contribution in [-0.4, -0.2) is 10.1 Å². The van der Waals surface area contributed by atoms with E-state index in [0.29, 0.717) is 5.88 Å². The summed E-state index contributed by atoms with van der Waals surface area (Å²) in [5, 5.41) is 4.43. The van der Waals surface area contributed by atoms with Crippen LogP contribution in [0.15, 0.2) is 11.6 Å². The van der Waals surface area contributed by atoms with Crippen molar-refractivity contribution in [3.63, 3.8) is 0 Å². The second-order valence-corrected chi connectivity index (χ2v) is 2.35. The molecule has 1 aliphatic rings. The average molecular weight is 103 g/mol. The van der Waals surface area contributed by atoms with E-state index in [-0.39, 0.29) is 0 Å². The molecule has 1 rings (SSSR count). The van der Waals surface area contributed by atoms with Crippen molar-refractivity contribution in [1.29, 1.82) is 0 Å². The highest BCUT2D eigenvalue weighted by Crippen LogP contribution is 1.86. The van der Waals surface area contributed by atoms with Crippen molar-refractivity contribution in [2.45, 2.75) is 0 Å². The SMILES string of the molecule is O=S1C=CNC1. The topological polar surface area (TPSA) is 29.1 Å². The smallest absolute Gasteiger partial charge is 0.0948 e. The Morgan fingerprint density at radius 2 is 2.67 bits per heavy atom. The zero-order valence-electron chi connectivity index (χ0n) is 3.18. The van der Waals surface area contributed by atoms with Gasteiger partial charge in [-0.3, -0.25) is 4.21 Å². The summed E-state index contributed by atoms with van der Waals surface area (Å²) in [4.78, 5) is 0. The Hall–Kier alpha value is -0.310. The summed E-state index contributed by atoms with van der Waals surface area (Å²) in [6, 6.07) is 0. The summed E-state index contributed by atoms with van der Waals surface area (Å²) in [7, 11) is -0.715. The van der Waals surface area contributed by atoms with Crippen LogP contribution in [0.1, 0.15) is 0 Å². The van der Waals surface area contributed by atoms with Gasteiger partial charge in [-0.25, -0.2) is 0 Å². The molecule has 0 aromatic heterocycles. The average Bonchev–Trinajstić information content (AvgIpc) is 1.86. The van der Waals surface area contributed by atoms with Gasteiger partial charge in [-0.15, -0.1) is 0 Å². The van der Waals surface area contributed by atoms with E-state index in [9.17, 15) is 4.21 Å². The van der Waals surface area contributed by atoms with Crippen LogP contribution in [0.5, 0.6) is 0 Å². The van der Waals surface area contributed by atoms with Crippen LogP contribution < -0.4 is 5.32 Å². The Morgan fingerprint density at radius 1 is 1.83 bits per heavy atom. The normalized spacial score (nSPS) is 30.3. The fraction of sp³-hybridized carbons (Fsp3) is 0.333. The molecule has 0 bridgehead atoms. The van der Waals surface area contributed by atoms with Crippen LogP contribution in [-0.2, 0) is 10.8 Å². The van der Waals surface area contributed by atoms with Gasteiger partial charge in [-0.05, 0) is 0 Å². The van der Waals surface area contributed by atoms with E-state index in [1.807, 2.05) is 0 Å². The lowest BCUT2D eigenvalue weighted by molar-refractivity contribution is 0.688. The highest BCUT2D eigenvalue weighted by molar-refractivity contribution is 7.88. The highest BCUT2D eigenvalue weighted by Gasteiger charge is 1.94. The predicted octanol–water partition coefficient (Wildman–Crippen LogP) is -0.233. The maximum atomic E-state index is 10.2. The van der Waals surface area contributed by atoms with Gasteiger partial charge in [0.1, 0.15) is 0 Å². The predicted molar refractivity (Wildman–Crippen MR) is 25.3 cm³/mol. The maximum Gasteiger partial charge on any atom is 0.0948 e. The molecule has 1 N–H and O–H groups in total. The molecule has 1 unspecified atom stereocenters. The minimum Gasteiger partial charge on any atom is -0.379 e. The molecule has 34 valence electrons. The molecular formula is C3H5NOS. The van der Waals surface area contributed by atoms with Crippen molar-refractivity contribution in [1.82, 2.24) is 5.32 Å². The van der Waals surface area contributed by atoms with Gasteiger partial charge in [-0.1, -0.05) is 0 Å². The Kier molecular flexibility index (Phi) is 0.919. The second-order valence-electron chi connectivity index (χ2n) is 1.03. The molecular weight excluding hydrogens is 98.1 g/mol. The Labute approximate surface area is 38.7 Å². The lowest BCUT2D eigenvalue weighted by Crippen LogP contribution is -2.01. The molecule has 1 atom stereocenters. The molecule has 0 saturated heterocycles. The molecule has 0 aliphatic carbocycles. The summed E-state index contributed by atoms with van der Waals surface area (Å²) in [5.74, 6) is 0.597. The van der Waals surface area contributed by atoms with E-state index in [4.69, 9.17) is 0 Å². The van der Waals surface area contributed by atoms with E-state index >= 15 is 0 Å². The van der Waals surface area contributed by atoms with Gasteiger partial charge in [0.25, 0.3) is 0 Å². The van der Waals surface area contributed by atoms with Gasteiger partial charge in [0.05, 0.1) is 16.7 Å². The van der Waals surface area contributed by atoms with Crippen molar-refractivity contribution < 1.29 is 4.21 Å². The zero-order chi connectivity index (χ0) is 4.41. The van der Waals surface area contributed by atoms with Gasteiger partial charge in [-0.2, -0.15) is 0 Å². The molecule has 0 fully saturated rings. The molecule has 6 heavy (non-hydrogen) atoms. The third-order valence-electron chi connectivity index (χ3n) is 0.563. The van der Waals surface area contributed by atoms with Gasteiger partial charge in [0, 0.05) is 11.6 Å². The third-order valence-corrected chi connectivity index (χ3v) is 1.45. The van der Waals surface area contributed by atoms with Crippen LogP contribution in [0, 0.1) is 0 Å². The van der Waals surface area contributed by atoms with Gasteiger partial charge in [0.15, 0.2) is 0 Å². The fourth-order valence-electron chi connectivity index (χ4n) is 0.302. The van der Waals surface area contributed by atoms with E-state index < -0.39 is 10.8 Å². The minimum absolute atomic E-state index is 0.597.